The third-order valence-electron chi connectivity index (χ3n) is 3.22. The van der Waals surface area contributed by atoms with Crippen molar-refractivity contribution in [1.29, 1.82) is 0 Å². The Morgan fingerprint density at radius 3 is 2.44 bits per heavy atom. The minimum absolute atomic E-state index is 0.0540. The molecule has 0 fully saturated rings. The van der Waals surface area contributed by atoms with E-state index in [1.807, 2.05) is 13.8 Å². The van der Waals surface area contributed by atoms with E-state index in [0.29, 0.717) is 0 Å². The fourth-order valence-corrected chi connectivity index (χ4v) is 2.07. The molecule has 0 radical (unpaired) electrons. The Labute approximate surface area is 106 Å². The maximum absolute atomic E-state index is 13.9. The molecule has 0 spiro atoms. The molecule has 4 nitrogen and oxygen atoms in total. The first-order valence-electron chi connectivity index (χ1n) is 5.97. The molecule has 1 aromatic rings. The molecule has 3 N–H and O–H groups in total. The van der Waals surface area contributed by atoms with E-state index in [2.05, 4.69) is 0 Å². The minimum Gasteiger partial charge on any atom is -0.478 e. The molecule has 0 atom stereocenters. The molecule has 0 heterocycles. The number of aromatic carboxylic acids is 1. The molecule has 0 aliphatic carbocycles. The van der Waals surface area contributed by atoms with Gasteiger partial charge in [0.25, 0.3) is 0 Å². The quantitative estimate of drug-likeness (QED) is 0.793. The fourth-order valence-electron chi connectivity index (χ4n) is 2.07. The molecule has 0 saturated heterocycles. The second-order valence-electron chi connectivity index (χ2n) is 4.28. The largest absolute Gasteiger partial charge is 0.478 e. The maximum atomic E-state index is 13.9. The van der Waals surface area contributed by atoms with Gasteiger partial charge in [-0.05, 0) is 25.0 Å². The summed E-state index contributed by atoms with van der Waals surface area (Å²) >= 11 is 0. The summed E-state index contributed by atoms with van der Waals surface area (Å²) in [6, 6.07) is 2.54. The topological polar surface area (TPSA) is 66.6 Å². The lowest BCUT2D eigenvalue weighted by Crippen LogP contribution is -2.31. The van der Waals surface area contributed by atoms with Crippen molar-refractivity contribution < 1.29 is 14.3 Å². The molecule has 100 valence electrons. The Hall–Kier alpha value is -1.78. The molecular weight excluding hydrogens is 235 g/mol. The van der Waals surface area contributed by atoms with Gasteiger partial charge in [0, 0.05) is 18.8 Å². The van der Waals surface area contributed by atoms with E-state index in [0.717, 1.165) is 18.9 Å². The molecule has 5 heteroatoms. The normalized spacial score (nSPS) is 10.7. The molecule has 1 aromatic carbocycles. The van der Waals surface area contributed by atoms with Crippen molar-refractivity contribution in [2.24, 2.45) is 0 Å². The van der Waals surface area contributed by atoms with E-state index in [1.165, 1.54) is 6.07 Å². The zero-order chi connectivity index (χ0) is 13.9. The van der Waals surface area contributed by atoms with Gasteiger partial charge < -0.3 is 15.7 Å². The lowest BCUT2D eigenvalue weighted by molar-refractivity contribution is 0.0698. The molecule has 0 saturated carbocycles. The summed E-state index contributed by atoms with van der Waals surface area (Å²) < 4.78 is 13.9. The van der Waals surface area contributed by atoms with Gasteiger partial charge in [0.05, 0.1) is 11.3 Å². The average molecular weight is 254 g/mol. The van der Waals surface area contributed by atoms with Gasteiger partial charge in [-0.1, -0.05) is 13.8 Å². The van der Waals surface area contributed by atoms with Gasteiger partial charge in [-0.25, -0.2) is 9.18 Å². The highest BCUT2D eigenvalue weighted by atomic mass is 19.1. The lowest BCUT2D eigenvalue weighted by atomic mass is 10.1. The Balaban J connectivity index is 3.23. The highest BCUT2D eigenvalue weighted by molar-refractivity contribution is 5.95. The second kappa shape index (κ2) is 5.71. The molecule has 0 amide bonds. The third-order valence-corrected chi connectivity index (χ3v) is 3.22. The second-order valence-corrected chi connectivity index (χ2v) is 4.28. The average Bonchev–Trinajstić information content (AvgIpc) is 2.29. The van der Waals surface area contributed by atoms with Gasteiger partial charge in [0.15, 0.2) is 0 Å². The predicted molar refractivity (Wildman–Crippen MR) is 70.5 cm³/mol. The molecule has 1 rings (SSSR count). The summed E-state index contributed by atoms with van der Waals surface area (Å²) in [6.45, 7) is 4.02. The summed E-state index contributed by atoms with van der Waals surface area (Å²) in [5.74, 6) is -1.64. The third kappa shape index (κ3) is 2.72. The van der Waals surface area contributed by atoms with E-state index >= 15 is 0 Å². The monoisotopic (exact) mass is 254 g/mol. The number of carboxylic acid groups (broad SMARTS) is 1. The zero-order valence-corrected chi connectivity index (χ0v) is 10.9. The van der Waals surface area contributed by atoms with Crippen molar-refractivity contribution in [2.75, 3.05) is 17.7 Å². The van der Waals surface area contributed by atoms with Crippen molar-refractivity contribution in [2.45, 2.75) is 32.7 Å². The predicted octanol–water partition coefficient (Wildman–Crippen LogP) is 2.73. The van der Waals surface area contributed by atoms with Crippen LogP contribution in [-0.2, 0) is 0 Å². The van der Waals surface area contributed by atoms with Crippen LogP contribution in [0, 0.1) is 5.82 Å². The van der Waals surface area contributed by atoms with Gasteiger partial charge in [0.1, 0.15) is 5.82 Å². The summed E-state index contributed by atoms with van der Waals surface area (Å²) in [5.41, 5.74) is 5.65. The van der Waals surface area contributed by atoms with E-state index < -0.39 is 11.8 Å². The first-order chi connectivity index (χ1) is 8.42. The number of hydrogen-bond donors (Lipinski definition) is 2. The number of rotatable bonds is 5. The van der Waals surface area contributed by atoms with Crippen LogP contribution in [0.4, 0.5) is 15.8 Å². The van der Waals surface area contributed by atoms with Crippen LogP contribution in [0.2, 0.25) is 0 Å². The Morgan fingerprint density at radius 1 is 1.44 bits per heavy atom. The number of halogens is 1. The minimum atomic E-state index is -1.15. The van der Waals surface area contributed by atoms with Crippen LogP contribution in [0.15, 0.2) is 12.1 Å². The highest BCUT2D eigenvalue weighted by Crippen LogP contribution is 2.27. The standard InChI is InChI=1S/C13H19FN2O2/c1-4-8(5-2)16(3)12-6-9(13(17)18)11(15)7-10(12)14/h6-8H,4-5,15H2,1-3H3,(H,17,18). The van der Waals surface area contributed by atoms with Crippen LogP contribution < -0.4 is 10.6 Å². The van der Waals surface area contributed by atoms with Crippen molar-refractivity contribution in [1.82, 2.24) is 0 Å². The first-order valence-corrected chi connectivity index (χ1v) is 5.97. The van der Waals surface area contributed by atoms with Crippen molar-refractivity contribution in [3.05, 3.63) is 23.5 Å². The maximum Gasteiger partial charge on any atom is 0.337 e. The Morgan fingerprint density at radius 2 is 2.00 bits per heavy atom. The van der Waals surface area contributed by atoms with E-state index in [4.69, 9.17) is 10.8 Å². The van der Waals surface area contributed by atoms with Crippen LogP contribution in [0.3, 0.4) is 0 Å². The van der Waals surface area contributed by atoms with Gasteiger partial charge >= 0.3 is 5.97 Å². The van der Waals surface area contributed by atoms with Crippen LogP contribution in [0.5, 0.6) is 0 Å². The van der Waals surface area contributed by atoms with Crippen LogP contribution in [0.1, 0.15) is 37.0 Å². The first kappa shape index (κ1) is 14.3. The Bertz CT molecular complexity index is 445. The van der Waals surface area contributed by atoms with Crippen molar-refractivity contribution in [3.8, 4) is 0 Å². The number of nitrogens with two attached hydrogens (primary N) is 1. The lowest BCUT2D eigenvalue weighted by Gasteiger charge is -2.29. The molecule has 0 bridgehead atoms. The van der Waals surface area contributed by atoms with E-state index in [1.54, 1.807) is 11.9 Å². The number of anilines is 2. The van der Waals surface area contributed by atoms with Crippen LogP contribution >= 0.6 is 0 Å². The zero-order valence-electron chi connectivity index (χ0n) is 10.9. The van der Waals surface area contributed by atoms with E-state index in [-0.39, 0.29) is 23.0 Å². The molecular formula is C13H19FN2O2. The molecule has 0 aromatic heterocycles. The SMILES string of the molecule is CCC(CC)N(C)c1cc(C(=O)O)c(N)cc1F. The summed E-state index contributed by atoms with van der Waals surface area (Å²) in [6.07, 6.45) is 1.72. The van der Waals surface area contributed by atoms with Crippen LogP contribution in [-0.4, -0.2) is 24.2 Å². The van der Waals surface area contributed by atoms with Gasteiger partial charge in [-0.3, -0.25) is 0 Å². The molecule has 18 heavy (non-hydrogen) atoms. The van der Waals surface area contributed by atoms with Gasteiger partial charge in [0.2, 0.25) is 0 Å². The molecule has 0 aliphatic heterocycles. The fraction of sp³-hybridized carbons (Fsp3) is 0.462. The Kier molecular flexibility index (Phi) is 4.53. The van der Waals surface area contributed by atoms with E-state index in [9.17, 15) is 9.18 Å². The number of benzene rings is 1. The number of carboxylic acids is 1. The summed E-state index contributed by atoms with van der Waals surface area (Å²) in [4.78, 5) is 12.8. The van der Waals surface area contributed by atoms with Gasteiger partial charge in [-0.2, -0.15) is 0 Å². The highest BCUT2D eigenvalue weighted by Gasteiger charge is 2.19. The molecule has 0 aliphatic rings. The summed E-state index contributed by atoms with van der Waals surface area (Å²) in [5, 5.41) is 8.99. The number of carbonyl (C=O) groups is 1. The van der Waals surface area contributed by atoms with Crippen molar-refractivity contribution in [3.63, 3.8) is 0 Å². The number of nitrogens with zero attached hydrogens (tertiary/aromatic N) is 1. The smallest absolute Gasteiger partial charge is 0.337 e. The number of nitrogen functional groups attached to an aromatic ring is 1. The van der Waals surface area contributed by atoms with Gasteiger partial charge in [-0.15, -0.1) is 0 Å². The van der Waals surface area contributed by atoms with Crippen molar-refractivity contribution >= 4 is 17.3 Å². The number of hydrogen-bond acceptors (Lipinski definition) is 3. The van der Waals surface area contributed by atoms with Crippen LogP contribution in [0.25, 0.3) is 0 Å². The summed E-state index contributed by atoms with van der Waals surface area (Å²) in [7, 11) is 1.76. The molecule has 0 unspecified atom stereocenters.